The molecule has 0 radical (unpaired) electrons. The topological polar surface area (TPSA) is 78.9 Å². The molecule has 1 unspecified atom stereocenters. The molecule has 1 saturated heterocycles. The maximum absolute atomic E-state index is 12.6. The summed E-state index contributed by atoms with van der Waals surface area (Å²) in [6.07, 6.45) is 4.09. The molecule has 0 aromatic heterocycles. The van der Waals surface area contributed by atoms with E-state index >= 15 is 0 Å². The summed E-state index contributed by atoms with van der Waals surface area (Å²) in [7, 11) is 0. The smallest absolute Gasteiger partial charge is 0.271 e. The van der Waals surface area contributed by atoms with Gasteiger partial charge in [-0.15, -0.1) is 0 Å². The van der Waals surface area contributed by atoms with Gasteiger partial charge in [0.2, 0.25) is 0 Å². The molecule has 6 nitrogen and oxygen atoms in total. The lowest BCUT2D eigenvalue weighted by molar-refractivity contribution is 0.198. The molecule has 1 atom stereocenters. The van der Waals surface area contributed by atoms with E-state index in [9.17, 15) is 19.1 Å². The molecule has 0 saturated carbocycles. The summed E-state index contributed by atoms with van der Waals surface area (Å²) >= 11 is 6.83. The highest BCUT2D eigenvalue weighted by molar-refractivity contribution is 6.32. The van der Waals surface area contributed by atoms with Gasteiger partial charge in [0.1, 0.15) is 17.5 Å². The Bertz CT molecular complexity index is 1760. The molecule has 1 aliphatic heterocycles. The Labute approximate surface area is 255 Å². The van der Waals surface area contributed by atoms with Gasteiger partial charge < -0.3 is 15.2 Å². The number of hydrogen-bond donors (Lipinski definition) is 2. The molecule has 4 aromatic rings. The van der Waals surface area contributed by atoms with E-state index in [4.69, 9.17) is 16.3 Å². The lowest BCUT2D eigenvalue weighted by Crippen LogP contribution is -2.32. The monoisotopic (exact) mass is 600 g/mol. The Morgan fingerprint density at radius 3 is 2.56 bits per heavy atom. The van der Waals surface area contributed by atoms with Crippen molar-refractivity contribution in [3.05, 3.63) is 114 Å². The van der Waals surface area contributed by atoms with E-state index in [1.807, 2.05) is 43.3 Å². The van der Waals surface area contributed by atoms with Crippen molar-refractivity contribution in [3.8, 4) is 11.5 Å². The number of alkyl halides is 1. The number of aryl methyl sites for hydroxylation is 2. The fourth-order valence-electron chi connectivity index (χ4n) is 6.24. The van der Waals surface area contributed by atoms with Gasteiger partial charge in [0.05, 0.1) is 6.67 Å². The Morgan fingerprint density at radius 1 is 1.02 bits per heavy atom. The zero-order valence-electron chi connectivity index (χ0n) is 24.1. The van der Waals surface area contributed by atoms with Crippen LogP contribution in [-0.2, 0) is 6.42 Å². The predicted octanol–water partition coefficient (Wildman–Crippen LogP) is 6.80. The molecule has 222 valence electrons. The van der Waals surface area contributed by atoms with Gasteiger partial charge in [0.25, 0.3) is 10.9 Å². The minimum absolute atomic E-state index is 0.0650. The largest absolute Gasteiger partial charge is 0.502 e. The first-order valence-electron chi connectivity index (χ1n) is 14.8. The van der Waals surface area contributed by atoms with Crippen molar-refractivity contribution >= 4 is 34.1 Å². The van der Waals surface area contributed by atoms with E-state index in [0.717, 1.165) is 90.0 Å². The van der Waals surface area contributed by atoms with Crippen molar-refractivity contribution in [1.82, 2.24) is 4.90 Å². The highest BCUT2D eigenvalue weighted by Crippen LogP contribution is 2.43. The lowest BCUT2D eigenvalue weighted by atomic mass is 9.87. The van der Waals surface area contributed by atoms with Gasteiger partial charge in [-0.1, -0.05) is 41.9 Å². The van der Waals surface area contributed by atoms with E-state index < -0.39 is 16.6 Å². The van der Waals surface area contributed by atoms with Crippen molar-refractivity contribution in [2.75, 3.05) is 31.6 Å². The van der Waals surface area contributed by atoms with Gasteiger partial charge in [-0.2, -0.15) is 0 Å². The summed E-state index contributed by atoms with van der Waals surface area (Å²) in [6, 6.07) is 20.2. The van der Waals surface area contributed by atoms with Gasteiger partial charge >= 0.3 is 0 Å². The molecule has 2 N–H and O–H groups in total. The molecule has 0 amide bonds. The fraction of sp³-hybridized carbons (Fsp3) is 0.314. The SMILES string of the molecule is Cc1ccc(C2=C(c3ccc(OC4CCN(CCCF)C4)cc3)c3ccc(Nc4c(O)c(=O)c4=O)cc3CCC2)c(Cl)c1. The van der Waals surface area contributed by atoms with Crippen LogP contribution in [0.3, 0.4) is 0 Å². The van der Waals surface area contributed by atoms with Crippen LogP contribution in [0.1, 0.15) is 53.5 Å². The van der Waals surface area contributed by atoms with E-state index in [2.05, 4.69) is 34.5 Å². The Hall–Kier alpha value is -3.94. The number of rotatable bonds is 9. The number of nitrogens with zero attached hydrogens (tertiary/aromatic N) is 1. The van der Waals surface area contributed by atoms with Crippen molar-refractivity contribution in [3.63, 3.8) is 0 Å². The van der Waals surface area contributed by atoms with Crippen LogP contribution in [0.25, 0.3) is 11.1 Å². The summed E-state index contributed by atoms with van der Waals surface area (Å²) in [4.78, 5) is 25.7. The molecule has 1 fully saturated rings. The maximum Gasteiger partial charge on any atom is 0.271 e. The van der Waals surface area contributed by atoms with E-state index in [1.165, 1.54) is 0 Å². The minimum Gasteiger partial charge on any atom is -0.502 e. The first kappa shape index (κ1) is 29.1. The maximum atomic E-state index is 12.6. The molecule has 0 spiro atoms. The molecular formula is C35H34ClFN2O4. The predicted molar refractivity (Wildman–Crippen MR) is 170 cm³/mol. The van der Waals surface area contributed by atoms with Crippen LogP contribution >= 0.6 is 11.6 Å². The van der Waals surface area contributed by atoms with E-state index in [1.54, 1.807) is 0 Å². The van der Waals surface area contributed by atoms with Crippen molar-refractivity contribution in [2.24, 2.45) is 0 Å². The third kappa shape index (κ3) is 5.97. The number of nitrogens with one attached hydrogen (secondary N) is 1. The molecule has 6 rings (SSSR count). The first-order valence-corrected chi connectivity index (χ1v) is 15.2. The molecule has 0 bridgehead atoms. The molecule has 2 aliphatic rings. The van der Waals surface area contributed by atoms with E-state index in [-0.39, 0.29) is 18.5 Å². The molecule has 1 heterocycles. The summed E-state index contributed by atoms with van der Waals surface area (Å²) in [6.45, 7) is 4.22. The number of ether oxygens (including phenoxy) is 1. The zero-order chi connectivity index (χ0) is 30.1. The Kier molecular flexibility index (Phi) is 8.37. The quantitative estimate of drug-likeness (QED) is 0.206. The second-order valence-electron chi connectivity index (χ2n) is 11.5. The van der Waals surface area contributed by atoms with Crippen molar-refractivity contribution < 1.29 is 14.2 Å². The molecule has 1 aliphatic carbocycles. The number of allylic oxidation sites excluding steroid dienone is 1. The number of halogens is 2. The van der Waals surface area contributed by atoms with Gasteiger partial charge in [-0.3, -0.25) is 18.9 Å². The van der Waals surface area contributed by atoms with Crippen LogP contribution < -0.4 is 20.9 Å². The lowest BCUT2D eigenvalue weighted by Gasteiger charge is -2.20. The Balaban J connectivity index is 1.35. The summed E-state index contributed by atoms with van der Waals surface area (Å²) < 4.78 is 18.9. The fourth-order valence-corrected chi connectivity index (χ4v) is 6.59. The van der Waals surface area contributed by atoms with Crippen molar-refractivity contribution in [2.45, 2.75) is 45.1 Å². The van der Waals surface area contributed by atoms with Crippen LogP contribution in [0.15, 0.2) is 70.3 Å². The highest BCUT2D eigenvalue weighted by Gasteiger charge is 2.25. The number of likely N-dealkylation sites (tertiary alicyclic amines) is 1. The second-order valence-corrected chi connectivity index (χ2v) is 11.9. The van der Waals surface area contributed by atoms with Crippen LogP contribution in [0.2, 0.25) is 5.02 Å². The van der Waals surface area contributed by atoms with Gasteiger partial charge in [0, 0.05) is 30.3 Å². The van der Waals surface area contributed by atoms with Gasteiger partial charge in [-0.05, 0) is 108 Å². The van der Waals surface area contributed by atoms with Crippen LogP contribution in [0.5, 0.6) is 11.5 Å². The number of hydrogen-bond acceptors (Lipinski definition) is 6. The average molecular weight is 601 g/mol. The third-order valence-electron chi connectivity index (χ3n) is 8.44. The third-order valence-corrected chi connectivity index (χ3v) is 8.75. The standard InChI is InChI=1S/C35H34ClFN2O4/c1-21-6-12-28(30(36)18-21)29-5-2-4-23-19-24(38-32-33(40)35(42)34(32)41)9-13-27(23)31(29)22-7-10-25(11-8-22)43-26-14-17-39(20-26)16-3-15-37/h6-13,18-19,26,38,40H,2-5,14-17,20H2,1H3. The number of anilines is 2. The summed E-state index contributed by atoms with van der Waals surface area (Å²) in [5, 5.41) is 13.5. The summed E-state index contributed by atoms with van der Waals surface area (Å²) in [5.41, 5.74) is 6.55. The minimum atomic E-state index is -0.864. The molecule has 43 heavy (non-hydrogen) atoms. The second kappa shape index (κ2) is 12.3. The van der Waals surface area contributed by atoms with E-state index in [0.29, 0.717) is 17.1 Å². The average Bonchev–Trinajstić information content (AvgIpc) is 3.37. The van der Waals surface area contributed by atoms with Crippen molar-refractivity contribution in [1.29, 1.82) is 0 Å². The van der Waals surface area contributed by atoms with Crippen LogP contribution in [-0.4, -0.2) is 42.4 Å². The molecule has 4 aromatic carbocycles. The normalized spacial score (nSPS) is 17.2. The van der Waals surface area contributed by atoms with Crippen LogP contribution in [0, 0.1) is 6.92 Å². The molecular weight excluding hydrogens is 567 g/mol. The highest BCUT2D eigenvalue weighted by atomic mass is 35.5. The first-order chi connectivity index (χ1) is 20.8. The van der Waals surface area contributed by atoms with Gasteiger partial charge in [0.15, 0.2) is 5.75 Å². The van der Waals surface area contributed by atoms with Crippen LogP contribution in [0.4, 0.5) is 15.8 Å². The number of fused-ring (bicyclic) bond motifs is 1. The number of benzene rings is 3. The Morgan fingerprint density at radius 2 is 1.81 bits per heavy atom. The molecule has 8 heteroatoms. The zero-order valence-corrected chi connectivity index (χ0v) is 24.8. The summed E-state index contributed by atoms with van der Waals surface area (Å²) in [5.74, 6) is 0.280. The number of aromatic hydroxyl groups is 1. The van der Waals surface area contributed by atoms with Gasteiger partial charge in [-0.25, -0.2) is 0 Å².